The second-order valence-corrected chi connectivity index (χ2v) is 7.40. The summed E-state index contributed by atoms with van der Waals surface area (Å²) in [6.45, 7) is 5.50. The Morgan fingerprint density at radius 2 is 2.15 bits per heavy atom. The van der Waals surface area contributed by atoms with Crippen molar-refractivity contribution < 1.29 is 13.9 Å². The summed E-state index contributed by atoms with van der Waals surface area (Å²) in [7, 11) is 0. The van der Waals surface area contributed by atoms with Gasteiger partial charge in [-0.15, -0.1) is 11.3 Å². The molecule has 8 heteroatoms. The van der Waals surface area contributed by atoms with Crippen LogP contribution < -0.4 is 5.56 Å². The third-order valence-corrected chi connectivity index (χ3v) is 5.51. The predicted molar refractivity (Wildman–Crippen MR) is 106 cm³/mol. The van der Waals surface area contributed by atoms with Gasteiger partial charge < -0.3 is 9.72 Å². The number of benzene rings is 1. The summed E-state index contributed by atoms with van der Waals surface area (Å²) in [6.07, 6.45) is 1.24. The van der Waals surface area contributed by atoms with Gasteiger partial charge >= 0.3 is 5.97 Å². The number of aryl methyl sites for hydroxylation is 2. The number of aromatic nitrogens is 2. The second-order valence-electron chi connectivity index (χ2n) is 5.79. The van der Waals surface area contributed by atoms with Crippen molar-refractivity contribution in [1.82, 2.24) is 9.97 Å². The number of esters is 1. The SMILES string of the molecule is CCOC(=O)/C(=C\c1c(F)cccc1Cl)c1nc2sc(C)c(C)c2c(=O)[nH]1. The largest absolute Gasteiger partial charge is 0.462 e. The van der Waals surface area contributed by atoms with E-state index in [1.165, 1.54) is 35.6 Å². The minimum atomic E-state index is -0.732. The van der Waals surface area contributed by atoms with Gasteiger partial charge in [0.2, 0.25) is 0 Å². The molecule has 5 nitrogen and oxygen atoms in total. The zero-order chi connectivity index (χ0) is 19.7. The molecule has 3 rings (SSSR count). The van der Waals surface area contributed by atoms with Crippen molar-refractivity contribution in [2.45, 2.75) is 20.8 Å². The Balaban J connectivity index is 2.26. The van der Waals surface area contributed by atoms with Gasteiger partial charge in [-0.05, 0) is 44.5 Å². The number of carbonyl (C=O) groups is 1. The molecule has 1 aromatic carbocycles. The molecule has 2 heterocycles. The number of H-pyrrole nitrogens is 1. The number of rotatable bonds is 4. The number of fused-ring (bicyclic) bond motifs is 1. The minimum absolute atomic E-state index is 0.00604. The molecule has 3 aromatic rings. The van der Waals surface area contributed by atoms with E-state index in [0.717, 1.165) is 10.4 Å². The molecule has 0 amide bonds. The van der Waals surface area contributed by atoms with Crippen LogP contribution in [0.3, 0.4) is 0 Å². The highest BCUT2D eigenvalue weighted by Crippen LogP contribution is 2.29. The lowest BCUT2D eigenvalue weighted by Gasteiger charge is -2.08. The number of carbonyl (C=O) groups excluding carboxylic acids is 1. The quantitative estimate of drug-likeness (QED) is 0.511. The van der Waals surface area contributed by atoms with Crippen molar-refractivity contribution in [2.24, 2.45) is 0 Å². The zero-order valence-corrected chi connectivity index (χ0v) is 16.4. The molecule has 0 aliphatic rings. The molecule has 27 heavy (non-hydrogen) atoms. The van der Waals surface area contributed by atoms with Crippen molar-refractivity contribution >= 4 is 50.8 Å². The van der Waals surface area contributed by atoms with Gasteiger partial charge in [0.15, 0.2) is 0 Å². The average molecular weight is 407 g/mol. The van der Waals surface area contributed by atoms with Crippen molar-refractivity contribution in [3.8, 4) is 0 Å². The molecule has 0 bridgehead atoms. The molecular weight excluding hydrogens is 391 g/mol. The molecule has 0 saturated carbocycles. The Morgan fingerprint density at radius 3 is 2.81 bits per heavy atom. The first-order chi connectivity index (χ1) is 12.8. The van der Waals surface area contributed by atoms with Gasteiger partial charge in [-0.2, -0.15) is 0 Å². The summed E-state index contributed by atoms with van der Waals surface area (Å²) in [4.78, 5) is 33.5. The molecule has 0 atom stereocenters. The number of thiophene rings is 1. The molecule has 1 N–H and O–H groups in total. The number of nitrogens with one attached hydrogen (secondary N) is 1. The lowest BCUT2D eigenvalue weighted by molar-refractivity contribution is -0.136. The highest BCUT2D eigenvalue weighted by atomic mass is 35.5. The van der Waals surface area contributed by atoms with Crippen molar-refractivity contribution in [3.63, 3.8) is 0 Å². The molecule has 140 valence electrons. The number of aromatic amines is 1. The van der Waals surface area contributed by atoms with E-state index in [0.29, 0.717) is 10.2 Å². The van der Waals surface area contributed by atoms with Crippen LogP contribution in [0, 0.1) is 19.7 Å². The van der Waals surface area contributed by atoms with Gasteiger partial charge in [0.05, 0.1) is 17.0 Å². The highest BCUT2D eigenvalue weighted by molar-refractivity contribution is 7.18. The normalized spacial score (nSPS) is 11.8. The molecule has 0 unspecified atom stereocenters. The van der Waals surface area contributed by atoms with E-state index in [9.17, 15) is 14.0 Å². The van der Waals surface area contributed by atoms with Crippen LogP contribution in [-0.2, 0) is 9.53 Å². The van der Waals surface area contributed by atoms with Gasteiger partial charge in [0.25, 0.3) is 5.56 Å². The fourth-order valence-corrected chi connectivity index (χ4v) is 3.86. The summed E-state index contributed by atoms with van der Waals surface area (Å²) in [6, 6.07) is 4.19. The standard InChI is InChI=1S/C19H16ClFN2O3S/c1-4-26-19(25)12(8-11-13(20)6-5-7-14(11)21)16-22-17(24)15-9(2)10(3)27-18(15)23-16/h5-8H,4H2,1-3H3,(H,22,23,24)/b12-8-. The van der Waals surface area contributed by atoms with Crippen LogP contribution in [0.1, 0.15) is 28.8 Å². The third-order valence-electron chi connectivity index (χ3n) is 4.08. The summed E-state index contributed by atoms with van der Waals surface area (Å²) in [5.41, 5.74) is 0.413. The van der Waals surface area contributed by atoms with E-state index in [-0.39, 0.29) is 34.1 Å². The maximum Gasteiger partial charge on any atom is 0.341 e. The number of nitrogens with zero attached hydrogens (tertiary/aromatic N) is 1. The predicted octanol–water partition coefficient (Wildman–Crippen LogP) is 4.50. The third kappa shape index (κ3) is 3.65. The van der Waals surface area contributed by atoms with Crippen LogP contribution in [0.15, 0.2) is 23.0 Å². The van der Waals surface area contributed by atoms with Crippen LogP contribution in [-0.4, -0.2) is 22.5 Å². The molecule has 0 spiro atoms. The van der Waals surface area contributed by atoms with Crippen LogP contribution in [0.5, 0.6) is 0 Å². The van der Waals surface area contributed by atoms with Gasteiger partial charge in [-0.25, -0.2) is 14.2 Å². The van der Waals surface area contributed by atoms with Crippen LogP contribution in [0.25, 0.3) is 21.9 Å². The van der Waals surface area contributed by atoms with Crippen LogP contribution in [0.2, 0.25) is 5.02 Å². The van der Waals surface area contributed by atoms with E-state index >= 15 is 0 Å². The van der Waals surface area contributed by atoms with Crippen molar-refractivity contribution in [2.75, 3.05) is 6.61 Å². The summed E-state index contributed by atoms with van der Waals surface area (Å²) in [5.74, 6) is -1.33. The lowest BCUT2D eigenvalue weighted by atomic mass is 10.1. The first-order valence-corrected chi connectivity index (χ1v) is 9.36. The van der Waals surface area contributed by atoms with Gasteiger partial charge in [-0.1, -0.05) is 17.7 Å². The Morgan fingerprint density at radius 1 is 1.41 bits per heavy atom. The fraction of sp³-hybridized carbons (Fsp3) is 0.211. The van der Waals surface area contributed by atoms with Crippen molar-refractivity contribution in [1.29, 1.82) is 0 Å². The Bertz CT molecular complexity index is 1110. The van der Waals surface area contributed by atoms with E-state index < -0.39 is 11.8 Å². The topological polar surface area (TPSA) is 72.0 Å². The minimum Gasteiger partial charge on any atom is -0.462 e. The molecule has 0 saturated heterocycles. The summed E-state index contributed by atoms with van der Waals surface area (Å²) < 4.78 is 19.3. The molecule has 0 fully saturated rings. The van der Waals surface area contributed by atoms with E-state index in [2.05, 4.69) is 9.97 Å². The fourth-order valence-electron chi connectivity index (χ4n) is 2.61. The smallest absolute Gasteiger partial charge is 0.341 e. The maximum atomic E-state index is 14.2. The number of hydrogen-bond donors (Lipinski definition) is 1. The number of ether oxygens (including phenoxy) is 1. The van der Waals surface area contributed by atoms with Gasteiger partial charge in [0, 0.05) is 10.4 Å². The first kappa shape index (κ1) is 19.3. The number of hydrogen-bond acceptors (Lipinski definition) is 5. The second kappa shape index (κ2) is 7.62. The average Bonchev–Trinajstić information content (AvgIpc) is 2.89. The van der Waals surface area contributed by atoms with Gasteiger partial charge in [0.1, 0.15) is 22.0 Å². The summed E-state index contributed by atoms with van der Waals surface area (Å²) >= 11 is 7.42. The Hall–Kier alpha value is -2.51. The van der Waals surface area contributed by atoms with Crippen molar-refractivity contribution in [3.05, 3.63) is 61.2 Å². The molecule has 0 radical (unpaired) electrons. The summed E-state index contributed by atoms with van der Waals surface area (Å²) in [5, 5.41) is 0.608. The van der Waals surface area contributed by atoms with E-state index in [1.54, 1.807) is 6.92 Å². The highest BCUT2D eigenvalue weighted by Gasteiger charge is 2.21. The molecule has 2 aromatic heterocycles. The molecular formula is C19H16ClFN2O3S. The molecule has 0 aliphatic carbocycles. The van der Waals surface area contributed by atoms with Crippen LogP contribution in [0.4, 0.5) is 4.39 Å². The zero-order valence-electron chi connectivity index (χ0n) is 14.9. The van der Waals surface area contributed by atoms with Crippen LogP contribution >= 0.6 is 22.9 Å². The van der Waals surface area contributed by atoms with Gasteiger partial charge in [-0.3, -0.25) is 4.79 Å². The van der Waals surface area contributed by atoms with E-state index in [4.69, 9.17) is 16.3 Å². The monoisotopic (exact) mass is 406 g/mol. The van der Waals surface area contributed by atoms with E-state index in [1.807, 2.05) is 13.8 Å². The Kier molecular flexibility index (Phi) is 5.43. The molecule has 0 aliphatic heterocycles. The maximum absolute atomic E-state index is 14.2. The lowest BCUT2D eigenvalue weighted by Crippen LogP contribution is -2.16. The Labute approximate surface area is 163 Å². The number of halogens is 2. The first-order valence-electron chi connectivity index (χ1n) is 8.16.